The fraction of sp³-hybridized carbons (Fsp3) is 0.652. The van der Waals surface area contributed by atoms with E-state index >= 15 is 0 Å². The Bertz CT molecular complexity index is 812. The van der Waals surface area contributed by atoms with Gasteiger partial charge in [0.05, 0.1) is 12.6 Å². The number of hydrogen-bond acceptors (Lipinski definition) is 6. The second kappa shape index (κ2) is 9.78. The summed E-state index contributed by atoms with van der Waals surface area (Å²) < 4.78 is 6.27. The number of nitrogens with zero attached hydrogens (tertiary/aromatic N) is 3. The van der Waals surface area contributed by atoms with E-state index in [-0.39, 0.29) is 30.6 Å². The summed E-state index contributed by atoms with van der Waals surface area (Å²) >= 11 is 0. The molecule has 0 bridgehead atoms. The maximum Gasteiger partial charge on any atom is 0.259 e. The largest absolute Gasteiger partial charge is 0.472 e. The van der Waals surface area contributed by atoms with E-state index in [1.54, 1.807) is 24.1 Å². The number of ether oxygens (including phenoxy) is 1. The number of likely N-dealkylation sites (N-methyl/N-ethyl adjacent to an activating group) is 1. The third-order valence-electron chi connectivity index (χ3n) is 5.70. The highest BCUT2D eigenvalue weighted by Gasteiger charge is 2.34. The van der Waals surface area contributed by atoms with Crippen LogP contribution in [0.1, 0.15) is 49.5 Å². The smallest absolute Gasteiger partial charge is 0.259 e. The van der Waals surface area contributed by atoms with Crippen LogP contribution in [0.25, 0.3) is 0 Å². The van der Waals surface area contributed by atoms with Gasteiger partial charge in [0, 0.05) is 37.3 Å². The van der Waals surface area contributed by atoms with E-state index < -0.39 is 6.10 Å². The molecule has 1 saturated carbocycles. The minimum atomic E-state index is -0.767. The SMILES string of the molecule is C[C@H](O)C#Cc1cnc2c(c1)C(=O)N([C@H](C)CO)C[C@H](C)[C@H](CN(C)CC1CC1)O2. The molecule has 1 aliphatic carbocycles. The summed E-state index contributed by atoms with van der Waals surface area (Å²) in [5.74, 6) is 6.46. The van der Waals surface area contributed by atoms with Crippen LogP contribution in [0.4, 0.5) is 0 Å². The number of amides is 1. The molecule has 2 aliphatic rings. The summed E-state index contributed by atoms with van der Waals surface area (Å²) in [6.07, 6.45) is 3.26. The first-order valence-electron chi connectivity index (χ1n) is 10.7. The van der Waals surface area contributed by atoms with Crippen molar-refractivity contribution < 1.29 is 19.7 Å². The molecule has 2 heterocycles. The van der Waals surface area contributed by atoms with Crippen molar-refractivity contribution in [3.05, 3.63) is 23.4 Å². The minimum absolute atomic E-state index is 0.0780. The summed E-state index contributed by atoms with van der Waals surface area (Å²) in [6, 6.07) is 1.35. The average molecular weight is 416 g/mol. The van der Waals surface area contributed by atoms with Gasteiger partial charge >= 0.3 is 0 Å². The summed E-state index contributed by atoms with van der Waals surface area (Å²) in [5.41, 5.74) is 0.883. The van der Waals surface area contributed by atoms with E-state index in [1.807, 2.05) is 6.92 Å². The number of rotatable bonds is 6. The normalized spacial score (nSPS) is 23.6. The molecule has 1 amide bonds. The maximum absolute atomic E-state index is 13.3. The molecule has 0 radical (unpaired) electrons. The third kappa shape index (κ3) is 5.72. The zero-order valence-corrected chi connectivity index (χ0v) is 18.3. The Labute approximate surface area is 179 Å². The summed E-state index contributed by atoms with van der Waals surface area (Å²) in [7, 11) is 2.11. The minimum Gasteiger partial charge on any atom is -0.472 e. The molecular formula is C23H33N3O4. The monoisotopic (exact) mass is 415 g/mol. The van der Waals surface area contributed by atoms with Crippen LogP contribution in [0.2, 0.25) is 0 Å². The Morgan fingerprint density at radius 1 is 1.37 bits per heavy atom. The van der Waals surface area contributed by atoms with E-state index in [0.717, 1.165) is 19.0 Å². The number of aromatic nitrogens is 1. The average Bonchev–Trinajstić information content (AvgIpc) is 3.52. The molecule has 1 aromatic rings. The van der Waals surface area contributed by atoms with Gasteiger partial charge in [0.1, 0.15) is 17.8 Å². The Morgan fingerprint density at radius 2 is 2.10 bits per heavy atom. The van der Waals surface area contributed by atoms with Crippen LogP contribution in [0.15, 0.2) is 12.3 Å². The lowest BCUT2D eigenvalue weighted by Gasteiger charge is -2.37. The lowest BCUT2D eigenvalue weighted by Crippen LogP contribution is -2.50. The number of fused-ring (bicyclic) bond motifs is 1. The van der Waals surface area contributed by atoms with Crippen LogP contribution in [-0.2, 0) is 0 Å². The van der Waals surface area contributed by atoms with Crippen molar-refractivity contribution in [2.45, 2.75) is 51.9 Å². The topological polar surface area (TPSA) is 86.1 Å². The highest BCUT2D eigenvalue weighted by atomic mass is 16.5. The zero-order chi connectivity index (χ0) is 21.8. The van der Waals surface area contributed by atoms with Crippen molar-refractivity contribution in [3.8, 4) is 17.7 Å². The van der Waals surface area contributed by atoms with Crippen LogP contribution in [-0.4, -0.2) is 82.4 Å². The predicted octanol–water partition coefficient (Wildman–Crippen LogP) is 1.38. The Kier molecular flexibility index (Phi) is 7.35. The first-order valence-corrected chi connectivity index (χ1v) is 10.7. The van der Waals surface area contributed by atoms with E-state index in [1.165, 1.54) is 12.8 Å². The van der Waals surface area contributed by atoms with Crippen LogP contribution < -0.4 is 4.74 Å². The highest BCUT2D eigenvalue weighted by Crippen LogP contribution is 2.31. The Hall–Kier alpha value is -2.14. The maximum atomic E-state index is 13.3. The number of pyridine rings is 1. The lowest BCUT2D eigenvalue weighted by atomic mass is 10.00. The molecule has 2 N–H and O–H groups in total. The highest BCUT2D eigenvalue weighted by molar-refractivity contribution is 5.97. The van der Waals surface area contributed by atoms with Gasteiger partial charge < -0.3 is 24.7 Å². The number of carbonyl (C=O) groups excluding carboxylic acids is 1. The van der Waals surface area contributed by atoms with E-state index in [0.29, 0.717) is 23.6 Å². The molecule has 164 valence electrons. The van der Waals surface area contributed by atoms with Crippen LogP contribution >= 0.6 is 0 Å². The van der Waals surface area contributed by atoms with E-state index in [2.05, 4.69) is 35.7 Å². The van der Waals surface area contributed by atoms with E-state index in [9.17, 15) is 15.0 Å². The Balaban J connectivity index is 1.92. The first kappa shape index (κ1) is 22.5. The number of aliphatic hydroxyl groups is 2. The van der Waals surface area contributed by atoms with Crippen molar-refractivity contribution in [2.75, 3.05) is 33.3 Å². The van der Waals surface area contributed by atoms with Gasteiger partial charge in [-0.25, -0.2) is 4.98 Å². The molecule has 4 atom stereocenters. The predicted molar refractivity (Wildman–Crippen MR) is 114 cm³/mol. The third-order valence-corrected chi connectivity index (χ3v) is 5.70. The van der Waals surface area contributed by atoms with Gasteiger partial charge in [-0.3, -0.25) is 4.79 Å². The zero-order valence-electron chi connectivity index (χ0n) is 18.3. The summed E-state index contributed by atoms with van der Waals surface area (Å²) in [5, 5.41) is 19.1. The van der Waals surface area contributed by atoms with Gasteiger partial charge in [0.25, 0.3) is 5.91 Å². The second-order valence-electron chi connectivity index (χ2n) is 8.81. The Morgan fingerprint density at radius 3 is 2.73 bits per heavy atom. The van der Waals surface area contributed by atoms with Crippen LogP contribution in [0.5, 0.6) is 5.88 Å². The van der Waals surface area contributed by atoms with Crippen molar-refractivity contribution >= 4 is 5.91 Å². The molecule has 1 fully saturated rings. The fourth-order valence-corrected chi connectivity index (χ4v) is 3.70. The van der Waals surface area contributed by atoms with Gasteiger partial charge in [-0.2, -0.15) is 0 Å². The molecule has 3 rings (SSSR count). The molecule has 0 aromatic carbocycles. The summed E-state index contributed by atoms with van der Waals surface area (Å²) in [6.45, 7) is 7.67. The molecule has 1 aliphatic heterocycles. The standard InChI is InChI=1S/C23H33N3O4/c1-15-11-26(16(2)14-27)23(29)20-9-19(6-5-17(3)28)10-24-22(20)30-21(15)13-25(4)12-18-7-8-18/h9-10,15-18,21,27-28H,7-8,11-14H2,1-4H3/t15-,16+,17-,21-/m0/s1. The quantitative estimate of drug-likeness (QED) is 0.683. The molecular weight excluding hydrogens is 382 g/mol. The number of hydrogen-bond donors (Lipinski definition) is 2. The van der Waals surface area contributed by atoms with Gasteiger partial charge in [-0.1, -0.05) is 18.8 Å². The molecule has 0 spiro atoms. The molecule has 0 saturated heterocycles. The number of carbonyl (C=O) groups is 1. The van der Waals surface area contributed by atoms with Gasteiger partial charge in [-0.15, -0.1) is 0 Å². The second-order valence-corrected chi connectivity index (χ2v) is 8.81. The van der Waals surface area contributed by atoms with Gasteiger partial charge in [0.15, 0.2) is 0 Å². The van der Waals surface area contributed by atoms with Crippen LogP contribution in [0.3, 0.4) is 0 Å². The molecule has 7 heteroatoms. The van der Waals surface area contributed by atoms with Crippen molar-refractivity contribution in [3.63, 3.8) is 0 Å². The fourth-order valence-electron chi connectivity index (χ4n) is 3.70. The van der Waals surface area contributed by atoms with Crippen molar-refractivity contribution in [2.24, 2.45) is 11.8 Å². The lowest BCUT2D eigenvalue weighted by molar-refractivity contribution is 0.0327. The number of aliphatic hydroxyl groups excluding tert-OH is 2. The molecule has 7 nitrogen and oxygen atoms in total. The summed E-state index contributed by atoms with van der Waals surface area (Å²) in [4.78, 5) is 21.7. The van der Waals surface area contributed by atoms with Gasteiger partial charge in [-0.05, 0) is 45.7 Å². The van der Waals surface area contributed by atoms with Crippen molar-refractivity contribution in [1.82, 2.24) is 14.8 Å². The van der Waals surface area contributed by atoms with Crippen molar-refractivity contribution in [1.29, 1.82) is 0 Å². The molecule has 0 unspecified atom stereocenters. The van der Waals surface area contributed by atoms with Gasteiger partial charge in [0.2, 0.25) is 5.88 Å². The molecule has 1 aromatic heterocycles. The first-order chi connectivity index (χ1) is 14.3. The van der Waals surface area contributed by atoms with E-state index in [4.69, 9.17) is 4.74 Å². The van der Waals surface area contributed by atoms with Crippen LogP contribution in [0, 0.1) is 23.7 Å². The molecule has 30 heavy (non-hydrogen) atoms.